The number of aromatic amines is 1. The zero-order valence-electron chi connectivity index (χ0n) is 10.8. The molecule has 0 atom stereocenters. The first-order valence-corrected chi connectivity index (χ1v) is 5.39. The highest BCUT2D eigenvalue weighted by Gasteiger charge is 2.17. The molecular weight excluding hydrogens is 220 g/mol. The molecule has 0 radical (unpaired) electrons. The van der Waals surface area contributed by atoms with Crippen LogP contribution >= 0.6 is 0 Å². The third-order valence-electron chi connectivity index (χ3n) is 1.98. The number of H-pyrrole nitrogens is 1. The fourth-order valence-electron chi connectivity index (χ4n) is 1.41. The van der Waals surface area contributed by atoms with Gasteiger partial charge < -0.3 is 9.72 Å². The quantitative estimate of drug-likeness (QED) is 0.788. The Labute approximate surface area is 100 Å². The molecule has 0 saturated heterocycles. The largest absolute Gasteiger partial charge is 0.444 e. The van der Waals surface area contributed by atoms with Gasteiger partial charge in [0.2, 0.25) is 5.43 Å². The van der Waals surface area contributed by atoms with Gasteiger partial charge in [0.15, 0.2) is 0 Å². The van der Waals surface area contributed by atoms with Crippen molar-refractivity contribution in [2.45, 2.75) is 40.2 Å². The highest BCUT2D eigenvalue weighted by Crippen LogP contribution is 2.11. The van der Waals surface area contributed by atoms with Crippen molar-refractivity contribution < 1.29 is 9.53 Å². The predicted octanol–water partition coefficient (Wildman–Crippen LogP) is 2.34. The number of nitrogens with one attached hydrogen (secondary N) is 2. The van der Waals surface area contributed by atoms with Gasteiger partial charge in [-0.3, -0.25) is 10.1 Å². The van der Waals surface area contributed by atoms with Gasteiger partial charge in [-0.15, -0.1) is 0 Å². The Bertz CT molecular complexity index is 484. The molecule has 1 amide bonds. The molecule has 0 fully saturated rings. The van der Waals surface area contributed by atoms with E-state index < -0.39 is 11.7 Å². The second-order valence-electron chi connectivity index (χ2n) is 4.94. The van der Waals surface area contributed by atoms with Gasteiger partial charge in [-0.05, 0) is 34.6 Å². The van der Waals surface area contributed by atoms with E-state index in [4.69, 9.17) is 4.74 Å². The molecule has 0 saturated carbocycles. The van der Waals surface area contributed by atoms with Crippen LogP contribution in [0.15, 0.2) is 10.9 Å². The summed E-state index contributed by atoms with van der Waals surface area (Å²) in [6.45, 7) is 8.79. The van der Waals surface area contributed by atoms with E-state index in [1.54, 1.807) is 34.6 Å². The van der Waals surface area contributed by atoms with Crippen LogP contribution in [0.2, 0.25) is 0 Å². The first-order valence-electron chi connectivity index (χ1n) is 5.39. The SMILES string of the molecule is Cc1cc(=O)c(NC(=O)OC(C)(C)C)c(C)[nH]1. The van der Waals surface area contributed by atoms with Crippen LogP contribution in [0.1, 0.15) is 32.2 Å². The zero-order valence-corrected chi connectivity index (χ0v) is 10.8. The van der Waals surface area contributed by atoms with Crippen LogP contribution in [0.4, 0.5) is 10.5 Å². The molecule has 2 N–H and O–H groups in total. The summed E-state index contributed by atoms with van der Waals surface area (Å²) in [5.74, 6) is 0. The third kappa shape index (κ3) is 3.94. The standard InChI is InChI=1S/C12H18N2O3/c1-7-6-9(15)10(8(2)13-7)14-11(16)17-12(3,4)5/h6H,1-5H3,(H,13,15)(H,14,16). The Morgan fingerprint density at radius 2 is 1.94 bits per heavy atom. The maximum absolute atomic E-state index is 11.7. The maximum atomic E-state index is 11.7. The van der Waals surface area contributed by atoms with Crippen molar-refractivity contribution >= 4 is 11.8 Å². The maximum Gasteiger partial charge on any atom is 0.412 e. The molecule has 5 heteroatoms. The van der Waals surface area contributed by atoms with E-state index in [1.165, 1.54) is 6.07 Å². The minimum absolute atomic E-state index is 0.227. The van der Waals surface area contributed by atoms with Crippen LogP contribution in [0.3, 0.4) is 0 Å². The van der Waals surface area contributed by atoms with Crippen molar-refractivity contribution in [1.82, 2.24) is 4.98 Å². The summed E-state index contributed by atoms with van der Waals surface area (Å²) in [6.07, 6.45) is -0.630. The van der Waals surface area contributed by atoms with E-state index in [0.717, 1.165) is 5.69 Å². The van der Waals surface area contributed by atoms with Crippen molar-refractivity contribution in [3.63, 3.8) is 0 Å². The molecule has 0 spiro atoms. The van der Waals surface area contributed by atoms with Gasteiger partial charge in [-0.1, -0.05) is 0 Å². The molecule has 17 heavy (non-hydrogen) atoms. The molecule has 1 aromatic rings. The molecule has 94 valence electrons. The second-order valence-corrected chi connectivity index (χ2v) is 4.94. The minimum atomic E-state index is -0.630. The molecule has 0 unspecified atom stereocenters. The van der Waals surface area contributed by atoms with E-state index >= 15 is 0 Å². The molecule has 1 rings (SSSR count). The summed E-state index contributed by atoms with van der Waals surface area (Å²) < 4.78 is 5.08. The number of anilines is 1. The first-order chi connectivity index (χ1) is 7.69. The smallest absolute Gasteiger partial charge is 0.412 e. The van der Waals surface area contributed by atoms with Gasteiger partial charge in [0, 0.05) is 17.5 Å². The number of rotatable bonds is 1. The minimum Gasteiger partial charge on any atom is -0.444 e. The molecule has 0 aliphatic heterocycles. The molecule has 0 aliphatic rings. The topological polar surface area (TPSA) is 71.2 Å². The lowest BCUT2D eigenvalue weighted by atomic mass is 10.2. The average Bonchev–Trinajstić information content (AvgIpc) is 2.08. The highest BCUT2D eigenvalue weighted by atomic mass is 16.6. The molecule has 0 aromatic carbocycles. The van der Waals surface area contributed by atoms with Crippen LogP contribution in [-0.2, 0) is 4.74 Å². The van der Waals surface area contributed by atoms with Crippen molar-refractivity contribution in [1.29, 1.82) is 0 Å². The van der Waals surface area contributed by atoms with Gasteiger partial charge in [0.05, 0.1) is 0 Å². The summed E-state index contributed by atoms with van der Waals surface area (Å²) in [5.41, 5.74) is 0.771. The summed E-state index contributed by atoms with van der Waals surface area (Å²) in [6, 6.07) is 1.43. The summed E-state index contributed by atoms with van der Waals surface area (Å²) >= 11 is 0. The van der Waals surface area contributed by atoms with E-state index in [1.807, 2.05) is 0 Å². The van der Waals surface area contributed by atoms with Crippen LogP contribution in [0.5, 0.6) is 0 Å². The number of ether oxygens (including phenoxy) is 1. The molecule has 1 heterocycles. The van der Waals surface area contributed by atoms with Crippen LogP contribution < -0.4 is 10.7 Å². The van der Waals surface area contributed by atoms with Crippen molar-refractivity contribution in [3.05, 3.63) is 27.7 Å². The van der Waals surface area contributed by atoms with Gasteiger partial charge in [0.25, 0.3) is 0 Å². The van der Waals surface area contributed by atoms with E-state index in [2.05, 4.69) is 10.3 Å². The average molecular weight is 238 g/mol. The summed E-state index contributed by atoms with van der Waals surface area (Å²) in [7, 11) is 0. The summed E-state index contributed by atoms with van der Waals surface area (Å²) in [5, 5.41) is 2.46. The van der Waals surface area contributed by atoms with Gasteiger partial charge in [0.1, 0.15) is 11.3 Å². The number of aromatic nitrogens is 1. The zero-order chi connectivity index (χ0) is 13.2. The number of pyridine rings is 1. The third-order valence-corrected chi connectivity index (χ3v) is 1.98. The summed E-state index contributed by atoms with van der Waals surface area (Å²) in [4.78, 5) is 26.2. The lowest BCUT2D eigenvalue weighted by molar-refractivity contribution is 0.0635. The van der Waals surface area contributed by atoms with Gasteiger partial charge in [-0.2, -0.15) is 0 Å². The Kier molecular flexibility index (Phi) is 3.60. The number of hydrogen-bond acceptors (Lipinski definition) is 3. The Morgan fingerprint density at radius 3 is 2.41 bits per heavy atom. The van der Waals surface area contributed by atoms with Gasteiger partial charge in [-0.25, -0.2) is 4.79 Å². The molecule has 5 nitrogen and oxygen atoms in total. The molecular formula is C12H18N2O3. The number of carbonyl (C=O) groups is 1. The van der Waals surface area contributed by atoms with E-state index in [-0.39, 0.29) is 11.1 Å². The Hall–Kier alpha value is -1.78. The number of hydrogen-bond donors (Lipinski definition) is 2. The van der Waals surface area contributed by atoms with Crippen LogP contribution in [0, 0.1) is 13.8 Å². The highest BCUT2D eigenvalue weighted by molar-refractivity contribution is 5.85. The van der Waals surface area contributed by atoms with Crippen molar-refractivity contribution in [2.24, 2.45) is 0 Å². The van der Waals surface area contributed by atoms with Gasteiger partial charge >= 0.3 is 6.09 Å². The fourth-order valence-corrected chi connectivity index (χ4v) is 1.41. The lowest BCUT2D eigenvalue weighted by Gasteiger charge is -2.20. The first kappa shape index (κ1) is 13.3. The second kappa shape index (κ2) is 4.61. The van der Waals surface area contributed by atoms with E-state index in [9.17, 15) is 9.59 Å². The Balaban J connectivity index is 2.90. The molecule has 1 aromatic heterocycles. The van der Waals surface area contributed by atoms with Crippen molar-refractivity contribution in [2.75, 3.05) is 5.32 Å². The lowest BCUT2D eigenvalue weighted by Crippen LogP contribution is -2.29. The van der Waals surface area contributed by atoms with Crippen molar-refractivity contribution in [3.8, 4) is 0 Å². The number of amides is 1. The predicted molar refractivity (Wildman–Crippen MR) is 66.4 cm³/mol. The van der Waals surface area contributed by atoms with Crippen LogP contribution in [-0.4, -0.2) is 16.7 Å². The monoisotopic (exact) mass is 238 g/mol. The fraction of sp³-hybridized carbons (Fsp3) is 0.500. The normalized spacial score (nSPS) is 11.1. The molecule has 0 aliphatic carbocycles. The van der Waals surface area contributed by atoms with E-state index in [0.29, 0.717) is 5.69 Å². The van der Waals surface area contributed by atoms with Crippen LogP contribution in [0.25, 0.3) is 0 Å². The Morgan fingerprint density at radius 1 is 1.35 bits per heavy atom. The number of carbonyl (C=O) groups excluding carboxylic acids is 1. The number of aryl methyl sites for hydroxylation is 2. The molecule has 0 bridgehead atoms.